The molecule has 3 saturated heterocycles. The van der Waals surface area contributed by atoms with E-state index in [0.29, 0.717) is 69.8 Å². The molecule has 5 rings (SSSR count). The van der Waals surface area contributed by atoms with Crippen LogP contribution in [0, 0.1) is 23.0 Å². The average Bonchev–Trinajstić information content (AvgIpc) is 3.29. The van der Waals surface area contributed by atoms with Crippen LogP contribution in [0.2, 0.25) is 0 Å². The van der Waals surface area contributed by atoms with Gasteiger partial charge in [-0.15, -0.1) is 0 Å². The maximum absolute atomic E-state index is 14.4. The summed E-state index contributed by atoms with van der Waals surface area (Å²) in [6.07, 6.45) is -11.1. The molecule has 3 fully saturated rings. The van der Waals surface area contributed by atoms with Crippen molar-refractivity contribution in [3.63, 3.8) is 0 Å². The largest absolute Gasteiger partial charge is 0.416 e. The highest BCUT2D eigenvalue weighted by Crippen LogP contribution is 2.44. The molecule has 1 N–H and O–H groups in total. The number of aliphatic hydroxyl groups is 1. The van der Waals surface area contributed by atoms with E-state index in [-0.39, 0.29) is 29.6 Å². The second kappa shape index (κ2) is 12.2. The van der Waals surface area contributed by atoms with Gasteiger partial charge in [-0.1, -0.05) is 6.07 Å². The Kier molecular flexibility index (Phi) is 9.12. The highest BCUT2D eigenvalue weighted by atomic mass is 19.4. The van der Waals surface area contributed by atoms with Crippen LogP contribution in [-0.2, 0) is 26.6 Å². The molecule has 13 heteroatoms. The Morgan fingerprint density at radius 3 is 2.19 bits per heavy atom. The van der Waals surface area contributed by atoms with Gasteiger partial charge in [0.25, 0.3) is 0 Å². The number of halogens is 8. The topological polar surface area (TPSA) is 51.2 Å². The van der Waals surface area contributed by atoms with Gasteiger partial charge in [0.15, 0.2) is 17.9 Å². The van der Waals surface area contributed by atoms with Gasteiger partial charge in [-0.25, -0.2) is 8.78 Å². The van der Waals surface area contributed by atoms with Gasteiger partial charge in [0.1, 0.15) is 0 Å². The summed E-state index contributed by atoms with van der Waals surface area (Å²) in [5, 5.41) is 10.4. The van der Waals surface area contributed by atoms with Crippen LogP contribution >= 0.6 is 0 Å². The minimum atomic E-state index is -5.02. The predicted octanol–water partition coefficient (Wildman–Crippen LogP) is 6.70. The van der Waals surface area contributed by atoms with E-state index >= 15 is 0 Å². The van der Waals surface area contributed by atoms with Crippen LogP contribution in [0.25, 0.3) is 0 Å². The van der Waals surface area contributed by atoms with Crippen molar-refractivity contribution in [1.29, 1.82) is 0 Å². The Bertz CT molecular complexity index is 1250. The maximum atomic E-state index is 14.4. The third kappa shape index (κ3) is 7.00. The first-order valence-corrected chi connectivity index (χ1v) is 14.2. The summed E-state index contributed by atoms with van der Waals surface area (Å²) in [6.45, 7) is 4.12. The monoisotopic (exact) mass is 623 g/mol. The van der Waals surface area contributed by atoms with Crippen LogP contribution in [0.4, 0.5) is 35.1 Å². The number of benzene rings is 2. The highest BCUT2D eigenvalue weighted by molar-refractivity contribution is 5.35. The van der Waals surface area contributed by atoms with Gasteiger partial charge in [-0.3, -0.25) is 0 Å². The molecule has 43 heavy (non-hydrogen) atoms. The molecule has 0 amide bonds. The SMILES string of the molecule is C[C@@H](O[C@H]1OCCC(CN2CCC3(CC2)COC[C@@H]3O)[C@H]1c1ccc(F)c(F)c1)c1cc(C(F)(F)F)cc(C(F)(F)F)c1. The van der Waals surface area contributed by atoms with Crippen molar-refractivity contribution in [3.8, 4) is 0 Å². The summed E-state index contributed by atoms with van der Waals surface area (Å²) < 4.78 is 126. The number of rotatable bonds is 6. The van der Waals surface area contributed by atoms with Crippen LogP contribution in [0.15, 0.2) is 36.4 Å². The lowest BCUT2D eigenvalue weighted by atomic mass is 9.75. The Labute approximate surface area is 243 Å². The van der Waals surface area contributed by atoms with Crippen LogP contribution in [0.1, 0.15) is 60.5 Å². The lowest BCUT2D eigenvalue weighted by molar-refractivity contribution is -0.210. The molecule has 238 valence electrons. The second-order valence-corrected chi connectivity index (χ2v) is 11.8. The van der Waals surface area contributed by atoms with E-state index in [4.69, 9.17) is 14.2 Å². The van der Waals surface area contributed by atoms with Crippen molar-refractivity contribution >= 4 is 0 Å². The van der Waals surface area contributed by atoms with E-state index in [1.807, 2.05) is 0 Å². The Morgan fingerprint density at radius 1 is 0.977 bits per heavy atom. The summed E-state index contributed by atoms with van der Waals surface area (Å²) in [7, 11) is 0. The molecule has 1 spiro atoms. The summed E-state index contributed by atoms with van der Waals surface area (Å²) in [5.74, 6) is -3.08. The van der Waals surface area contributed by atoms with E-state index < -0.39 is 59.5 Å². The predicted molar refractivity (Wildman–Crippen MR) is 138 cm³/mol. The molecule has 3 heterocycles. The summed E-state index contributed by atoms with van der Waals surface area (Å²) >= 11 is 0. The molecule has 0 saturated carbocycles. The zero-order chi connectivity index (χ0) is 31.2. The minimum Gasteiger partial charge on any atom is -0.390 e. The highest BCUT2D eigenvalue weighted by Gasteiger charge is 2.46. The van der Waals surface area contributed by atoms with Gasteiger partial charge in [0.2, 0.25) is 0 Å². The van der Waals surface area contributed by atoms with Crippen molar-refractivity contribution in [1.82, 2.24) is 4.90 Å². The molecule has 0 aromatic heterocycles. The van der Waals surface area contributed by atoms with Crippen molar-refractivity contribution in [3.05, 3.63) is 70.3 Å². The third-order valence-corrected chi connectivity index (χ3v) is 9.03. The number of ether oxygens (including phenoxy) is 3. The van der Waals surface area contributed by atoms with E-state index in [9.17, 15) is 40.2 Å². The molecule has 2 aromatic carbocycles. The van der Waals surface area contributed by atoms with Gasteiger partial charge in [0, 0.05) is 17.9 Å². The van der Waals surface area contributed by atoms with E-state index in [1.165, 1.54) is 13.0 Å². The number of piperidine rings is 1. The zero-order valence-corrected chi connectivity index (χ0v) is 23.4. The Morgan fingerprint density at radius 2 is 1.63 bits per heavy atom. The first-order valence-electron chi connectivity index (χ1n) is 14.2. The second-order valence-electron chi connectivity index (χ2n) is 11.8. The first-order chi connectivity index (χ1) is 20.2. The molecule has 5 atom stereocenters. The molecular weight excluding hydrogens is 590 g/mol. The zero-order valence-electron chi connectivity index (χ0n) is 23.4. The lowest BCUT2D eigenvalue weighted by Crippen LogP contribution is -2.49. The quantitative estimate of drug-likeness (QED) is 0.363. The molecule has 0 aliphatic carbocycles. The van der Waals surface area contributed by atoms with Gasteiger partial charge >= 0.3 is 12.4 Å². The number of hydrogen-bond donors (Lipinski definition) is 1. The smallest absolute Gasteiger partial charge is 0.390 e. The van der Waals surface area contributed by atoms with Gasteiger partial charge in [0.05, 0.1) is 43.2 Å². The van der Waals surface area contributed by atoms with Crippen LogP contribution < -0.4 is 0 Å². The van der Waals surface area contributed by atoms with Crippen molar-refractivity contribution in [2.24, 2.45) is 11.3 Å². The standard InChI is InChI=1S/C30H33F8NO4/c1-17(20-10-21(29(33,34)35)13-22(11-20)30(36,37)38)43-27-26(18-2-3-23(31)24(32)12-18)19(4-9-42-27)14-39-7-5-28(6-8-39)16-41-15-25(28)40/h2-3,10-13,17,19,25-27,40H,4-9,14-16H2,1H3/t17-,19?,25+,26-,27-/m1/s1. The number of likely N-dealkylation sites (tertiary alicyclic amines) is 1. The number of hydrogen-bond acceptors (Lipinski definition) is 5. The molecule has 0 bridgehead atoms. The normalized spacial score (nSPS) is 27.5. The van der Waals surface area contributed by atoms with E-state index in [2.05, 4.69) is 4.90 Å². The Balaban J connectivity index is 1.40. The summed E-state index contributed by atoms with van der Waals surface area (Å²) in [4.78, 5) is 2.20. The molecular formula is C30H33F8NO4. The maximum Gasteiger partial charge on any atom is 0.416 e. The van der Waals surface area contributed by atoms with Gasteiger partial charge in [-0.2, -0.15) is 26.3 Å². The van der Waals surface area contributed by atoms with E-state index in [0.717, 1.165) is 12.1 Å². The van der Waals surface area contributed by atoms with Crippen molar-refractivity contribution in [2.45, 2.75) is 63.0 Å². The van der Waals surface area contributed by atoms with Crippen LogP contribution in [-0.4, -0.2) is 61.9 Å². The average molecular weight is 624 g/mol. The third-order valence-electron chi connectivity index (χ3n) is 9.03. The minimum absolute atomic E-state index is 0.0485. The molecule has 3 aliphatic heterocycles. The molecule has 2 aromatic rings. The lowest BCUT2D eigenvalue weighted by Gasteiger charge is -2.44. The fourth-order valence-corrected chi connectivity index (χ4v) is 6.45. The number of alkyl halides is 6. The molecule has 0 radical (unpaired) electrons. The number of aliphatic hydroxyl groups excluding tert-OH is 1. The van der Waals surface area contributed by atoms with Gasteiger partial charge < -0.3 is 24.2 Å². The van der Waals surface area contributed by atoms with Crippen molar-refractivity contribution in [2.75, 3.05) is 39.5 Å². The van der Waals surface area contributed by atoms with Crippen LogP contribution in [0.3, 0.4) is 0 Å². The summed E-state index contributed by atoms with van der Waals surface area (Å²) in [5.41, 5.74) is -3.24. The Hall–Kier alpha value is -2.32. The fraction of sp³-hybridized carbons (Fsp3) is 0.600. The molecule has 3 aliphatic rings. The summed E-state index contributed by atoms with van der Waals surface area (Å²) in [6, 6.07) is 4.63. The fourth-order valence-electron chi connectivity index (χ4n) is 6.45. The van der Waals surface area contributed by atoms with Crippen LogP contribution in [0.5, 0.6) is 0 Å². The van der Waals surface area contributed by atoms with Gasteiger partial charge in [-0.05, 0) is 86.7 Å². The van der Waals surface area contributed by atoms with Crippen molar-refractivity contribution < 1.29 is 54.4 Å². The molecule has 1 unspecified atom stereocenters. The number of nitrogens with zero attached hydrogens (tertiary/aromatic N) is 1. The first kappa shape index (κ1) is 32.1. The molecule has 5 nitrogen and oxygen atoms in total. The van der Waals surface area contributed by atoms with E-state index in [1.54, 1.807) is 0 Å².